The Labute approximate surface area is 220 Å². The van der Waals surface area contributed by atoms with Crippen LogP contribution in [0.15, 0.2) is 66.7 Å². The molecular formula is C28H28ClN3O3S. The van der Waals surface area contributed by atoms with Crippen LogP contribution < -0.4 is 9.64 Å². The number of fused-ring (bicyclic) bond motifs is 1. The maximum atomic E-state index is 13.7. The molecule has 1 fully saturated rings. The lowest BCUT2D eigenvalue weighted by atomic mass is 10.2. The second-order valence-electron chi connectivity index (χ2n) is 8.74. The van der Waals surface area contributed by atoms with Crippen molar-refractivity contribution in [1.82, 2.24) is 9.88 Å². The number of thiazole rings is 1. The summed E-state index contributed by atoms with van der Waals surface area (Å²) in [6, 6.07) is 20.7. The summed E-state index contributed by atoms with van der Waals surface area (Å²) in [6.45, 7) is 6.85. The lowest BCUT2D eigenvalue weighted by molar-refractivity contribution is 0.0376. The van der Waals surface area contributed by atoms with Crippen LogP contribution in [0.5, 0.6) is 11.5 Å². The maximum Gasteiger partial charge on any atom is 0.260 e. The van der Waals surface area contributed by atoms with Gasteiger partial charge in [-0.15, -0.1) is 0 Å². The molecule has 0 radical (unpaired) electrons. The second kappa shape index (κ2) is 11.4. The number of rotatable bonds is 8. The Morgan fingerprint density at radius 3 is 2.50 bits per heavy atom. The molecule has 1 aliphatic rings. The number of halogens is 1. The van der Waals surface area contributed by atoms with E-state index in [4.69, 9.17) is 26.1 Å². The summed E-state index contributed by atoms with van der Waals surface area (Å²) < 4.78 is 12.3. The summed E-state index contributed by atoms with van der Waals surface area (Å²) in [5, 5.41) is 1.32. The first-order valence-corrected chi connectivity index (χ1v) is 13.3. The van der Waals surface area contributed by atoms with E-state index in [2.05, 4.69) is 4.90 Å². The number of hydrogen-bond donors (Lipinski definition) is 0. The lowest BCUT2D eigenvalue weighted by Crippen LogP contribution is -2.39. The summed E-state index contributed by atoms with van der Waals surface area (Å²) in [5.41, 5.74) is 2.48. The molecule has 6 nitrogen and oxygen atoms in total. The van der Waals surface area contributed by atoms with Gasteiger partial charge in [-0.25, -0.2) is 4.98 Å². The first kappa shape index (κ1) is 24.7. The first-order chi connectivity index (χ1) is 17.6. The Kier molecular flexibility index (Phi) is 7.82. The van der Waals surface area contributed by atoms with Crippen LogP contribution in [0.4, 0.5) is 5.13 Å². The maximum absolute atomic E-state index is 13.7. The van der Waals surface area contributed by atoms with Gasteiger partial charge in [0.15, 0.2) is 5.13 Å². The van der Waals surface area contributed by atoms with Gasteiger partial charge < -0.3 is 9.47 Å². The number of ether oxygens (including phenoxy) is 2. The van der Waals surface area contributed by atoms with Crippen molar-refractivity contribution in [1.29, 1.82) is 0 Å². The number of carbonyl (C=O) groups is 1. The average Bonchev–Trinajstić information content (AvgIpc) is 3.37. The third kappa shape index (κ3) is 5.71. The molecule has 186 valence electrons. The van der Waals surface area contributed by atoms with Crippen molar-refractivity contribution in [3.8, 4) is 11.5 Å². The third-order valence-electron chi connectivity index (χ3n) is 6.20. The zero-order valence-corrected chi connectivity index (χ0v) is 21.7. The number of anilines is 1. The number of aromatic nitrogens is 1. The lowest BCUT2D eigenvalue weighted by Gasteiger charge is -2.27. The van der Waals surface area contributed by atoms with Crippen molar-refractivity contribution in [3.63, 3.8) is 0 Å². The van der Waals surface area contributed by atoms with E-state index in [1.54, 1.807) is 17.0 Å². The molecule has 8 heteroatoms. The highest BCUT2D eigenvalue weighted by Gasteiger charge is 2.23. The van der Waals surface area contributed by atoms with E-state index in [0.29, 0.717) is 28.0 Å². The van der Waals surface area contributed by atoms with E-state index >= 15 is 0 Å². The number of morpholine rings is 1. The molecule has 3 aromatic carbocycles. The van der Waals surface area contributed by atoms with Gasteiger partial charge in [0.05, 0.1) is 28.5 Å². The van der Waals surface area contributed by atoms with E-state index in [9.17, 15) is 4.79 Å². The highest BCUT2D eigenvalue weighted by Crippen LogP contribution is 2.36. The molecule has 0 bridgehead atoms. The van der Waals surface area contributed by atoms with Crippen molar-refractivity contribution in [2.45, 2.75) is 13.3 Å². The largest absolute Gasteiger partial charge is 0.457 e. The molecular weight excluding hydrogens is 494 g/mol. The highest BCUT2D eigenvalue weighted by molar-refractivity contribution is 7.23. The summed E-state index contributed by atoms with van der Waals surface area (Å²) in [5.74, 6) is 1.35. The minimum absolute atomic E-state index is 0.0870. The first-order valence-electron chi connectivity index (χ1n) is 12.1. The molecule has 0 N–H and O–H groups in total. The second-order valence-corrected chi connectivity index (χ2v) is 10.1. The topological polar surface area (TPSA) is 54.9 Å². The number of benzene rings is 3. The average molecular weight is 522 g/mol. The van der Waals surface area contributed by atoms with Gasteiger partial charge in [-0.1, -0.05) is 47.2 Å². The summed E-state index contributed by atoms with van der Waals surface area (Å²) in [7, 11) is 0. The molecule has 0 spiro atoms. The summed E-state index contributed by atoms with van der Waals surface area (Å²) in [4.78, 5) is 22.7. The van der Waals surface area contributed by atoms with E-state index in [0.717, 1.165) is 60.8 Å². The SMILES string of the molecule is Cc1ccc(Cl)c2sc(N(CCCN3CCOCC3)C(=O)c3ccc(Oc4ccccc4)cc3)nc12. The van der Waals surface area contributed by atoms with Gasteiger partial charge in [-0.05, 0) is 61.4 Å². The molecule has 0 aliphatic carbocycles. The van der Waals surface area contributed by atoms with Gasteiger partial charge in [0.25, 0.3) is 5.91 Å². The predicted molar refractivity (Wildman–Crippen MR) is 146 cm³/mol. The monoisotopic (exact) mass is 521 g/mol. The van der Waals surface area contributed by atoms with Crippen molar-refractivity contribution in [2.24, 2.45) is 0 Å². The van der Waals surface area contributed by atoms with E-state index in [1.807, 2.05) is 61.5 Å². The Balaban J connectivity index is 1.37. The van der Waals surface area contributed by atoms with Crippen molar-refractivity contribution in [3.05, 3.63) is 82.9 Å². The van der Waals surface area contributed by atoms with Gasteiger partial charge in [0, 0.05) is 31.7 Å². The fourth-order valence-corrected chi connectivity index (χ4v) is 5.55. The molecule has 5 rings (SSSR count). The van der Waals surface area contributed by atoms with Gasteiger partial charge in [-0.3, -0.25) is 14.6 Å². The molecule has 1 aliphatic heterocycles. The number of hydrogen-bond acceptors (Lipinski definition) is 6. The Bertz CT molecular complexity index is 1280. The summed E-state index contributed by atoms with van der Waals surface area (Å²) in [6.07, 6.45) is 0.837. The van der Waals surface area contributed by atoms with Crippen LogP contribution in [0, 0.1) is 6.92 Å². The van der Waals surface area contributed by atoms with E-state index < -0.39 is 0 Å². The molecule has 2 heterocycles. The van der Waals surface area contributed by atoms with Crippen LogP contribution in [0.2, 0.25) is 5.02 Å². The Hall–Kier alpha value is -2.97. The highest BCUT2D eigenvalue weighted by atomic mass is 35.5. The van der Waals surface area contributed by atoms with E-state index in [-0.39, 0.29) is 5.91 Å². The van der Waals surface area contributed by atoms with Gasteiger partial charge >= 0.3 is 0 Å². The van der Waals surface area contributed by atoms with Crippen LogP contribution >= 0.6 is 22.9 Å². The summed E-state index contributed by atoms with van der Waals surface area (Å²) >= 11 is 7.93. The number of para-hydroxylation sites is 1. The molecule has 36 heavy (non-hydrogen) atoms. The smallest absolute Gasteiger partial charge is 0.260 e. The van der Waals surface area contributed by atoms with Crippen molar-refractivity contribution >= 4 is 44.2 Å². The normalized spacial score (nSPS) is 14.2. The third-order valence-corrected chi connectivity index (χ3v) is 7.74. The van der Waals surface area contributed by atoms with Crippen molar-refractivity contribution in [2.75, 3.05) is 44.3 Å². The Morgan fingerprint density at radius 2 is 1.78 bits per heavy atom. The van der Waals surface area contributed by atoms with Gasteiger partial charge in [-0.2, -0.15) is 0 Å². The van der Waals surface area contributed by atoms with Crippen LogP contribution in [-0.4, -0.2) is 55.2 Å². The molecule has 0 unspecified atom stereocenters. The fourth-order valence-electron chi connectivity index (χ4n) is 4.21. The van der Waals surface area contributed by atoms with Crippen LogP contribution in [0.1, 0.15) is 22.3 Å². The zero-order chi connectivity index (χ0) is 24.9. The standard InChI is InChI=1S/C28H28ClN3O3S/c1-20-8-13-24(29)26-25(20)30-28(36-26)32(15-5-14-31-16-18-34-19-17-31)27(33)21-9-11-23(12-10-21)35-22-6-3-2-4-7-22/h2-4,6-13H,5,14-19H2,1H3. The zero-order valence-electron chi connectivity index (χ0n) is 20.2. The van der Waals surface area contributed by atoms with Crippen LogP contribution in [-0.2, 0) is 4.74 Å². The molecule has 4 aromatic rings. The number of carbonyl (C=O) groups excluding carboxylic acids is 1. The molecule has 1 amide bonds. The fraction of sp³-hybridized carbons (Fsp3) is 0.286. The minimum Gasteiger partial charge on any atom is -0.457 e. The van der Waals surface area contributed by atoms with Gasteiger partial charge in [0.2, 0.25) is 0 Å². The Morgan fingerprint density at radius 1 is 1.06 bits per heavy atom. The van der Waals surface area contributed by atoms with E-state index in [1.165, 1.54) is 11.3 Å². The molecule has 1 saturated heterocycles. The molecule has 0 atom stereocenters. The molecule has 1 aromatic heterocycles. The minimum atomic E-state index is -0.0870. The number of nitrogens with zero attached hydrogens (tertiary/aromatic N) is 3. The molecule has 0 saturated carbocycles. The number of aryl methyl sites for hydroxylation is 1. The van der Waals surface area contributed by atoms with Gasteiger partial charge in [0.1, 0.15) is 11.5 Å². The van der Waals surface area contributed by atoms with Crippen LogP contribution in [0.25, 0.3) is 10.2 Å². The predicted octanol–water partition coefficient (Wildman–Crippen LogP) is 6.42. The van der Waals surface area contributed by atoms with Crippen molar-refractivity contribution < 1.29 is 14.3 Å². The van der Waals surface area contributed by atoms with Crippen LogP contribution in [0.3, 0.4) is 0 Å². The quantitative estimate of drug-likeness (QED) is 0.268. The number of amides is 1.